The molecule has 0 fully saturated rings. The molecule has 0 aromatic heterocycles. The summed E-state index contributed by atoms with van der Waals surface area (Å²) in [4.78, 5) is 0. The number of hydrogen-bond donors (Lipinski definition) is 0. The van der Waals surface area contributed by atoms with Crippen molar-refractivity contribution in [3.05, 3.63) is 0 Å². The molecule has 0 atom stereocenters. The normalized spacial score (nSPS) is 10.8. The highest BCUT2D eigenvalue weighted by atomic mass is 35.5. The fraction of sp³-hybridized carbons (Fsp3) is 0.800. The predicted octanol–water partition coefficient (Wildman–Crippen LogP) is 2.48. The molecule has 0 heterocycles. The third-order valence-corrected chi connectivity index (χ3v) is 1.27. The molecule has 0 amide bonds. The lowest BCUT2D eigenvalue weighted by atomic mass is 10.3. The van der Waals surface area contributed by atoms with Crippen molar-refractivity contribution in [2.45, 2.75) is 24.1 Å². The average Bonchev–Trinajstić information content (AvgIpc) is 1.67. The summed E-state index contributed by atoms with van der Waals surface area (Å²) in [5, 5.41) is 8.21. The van der Waals surface area contributed by atoms with Crippen LogP contribution in [0, 0.1) is 11.3 Å². The molecule has 0 N–H and O–H groups in total. The molecule has 0 aromatic carbocycles. The molecule has 1 nitrogen and oxygen atoms in total. The molecule has 0 saturated carbocycles. The van der Waals surface area contributed by atoms with Crippen molar-refractivity contribution in [2.24, 2.45) is 0 Å². The number of rotatable bonds is 2. The molecule has 0 aliphatic heterocycles. The van der Waals surface area contributed by atoms with E-state index in [0.717, 1.165) is 6.42 Å². The molecule has 46 valence electrons. The summed E-state index contributed by atoms with van der Waals surface area (Å²) >= 11 is 10.9. The van der Waals surface area contributed by atoms with E-state index >= 15 is 0 Å². The van der Waals surface area contributed by atoms with Crippen molar-refractivity contribution in [3.63, 3.8) is 0 Å². The molecule has 8 heavy (non-hydrogen) atoms. The van der Waals surface area contributed by atoms with Gasteiger partial charge in [-0.25, -0.2) is 0 Å². The van der Waals surface area contributed by atoms with Crippen molar-refractivity contribution in [2.75, 3.05) is 0 Å². The SMILES string of the molecule is CCCC(Cl)(Cl)C#N. The van der Waals surface area contributed by atoms with Gasteiger partial charge in [-0.1, -0.05) is 36.5 Å². The fourth-order valence-electron chi connectivity index (χ4n) is 0.370. The van der Waals surface area contributed by atoms with Gasteiger partial charge in [-0.05, 0) is 6.42 Å². The highest BCUT2D eigenvalue weighted by Crippen LogP contribution is 2.24. The van der Waals surface area contributed by atoms with Crippen LogP contribution in [0.25, 0.3) is 0 Å². The fourth-order valence-corrected chi connectivity index (χ4v) is 0.748. The van der Waals surface area contributed by atoms with Crippen molar-refractivity contribution in [3.8, 4) is 6.07 Å². The predicted molar refractivity (Wildman–Crippen MR) is 35.0 cm³/mol. The first-order valence-electron chi connectivity index (χ1n) is 2.41. The van der Waals surface area contributed by atoms with Gasteiger partial charge in [-0.3, -0.25) is 0 Å². The molecule has 0 rings (SSSR count). The van der Waals surface area contributed by atoms with Crippen LogP contribution in [0.4, 0.5) is 0 Å². The first kappa shape index (κ1) is 8.07. The van der Waals surface area contributed by atoms with Gasteiger partial charge in [0.15, 0.2) is 0 Å². The third-order valence-electron chi connectivity index (χ3n) is 0.728. The van der Waals surface area contributed by atoms with E-state index in [1.54, 1.807) is 6.07 Å². The summed E-state index contributed by atoms with van der Waals surface area (Å²) in [6.07, 6.45) is 1.37. The van der Waals surface area contributed by atoms with Gasteiger partial charge in [0, 0.05) is 0 Å². The van der Waals surface area contributed by atoms with Crippen LogP contribution in [-0.2, 0) is 0 Å². The Bertz CT molecular complexity index is 103. The minimum absolute atomic E-state index is 0.534. The van der Waals surface area contributed by atoms with Crippen LogP contribution in [0.5, 0.6) is 0 Å². The lowest BCUT2D eigenvalue weighted by Crippen LogP contribution is -2.06. The van der Waals surface area contributed by atoms with Crippen LogP contribution in [0.15, 0.2) is 0 Å². The molecule has 0 aliphatic rings. The lowest BCUT2D eigenvalue weighted by molar-refractivity contribution is 0.784. The molecule has 0 saturated heterocycles. The first-order chi connectivity index (χ1) is 3.62. The second-order valence-corrected chi connectivity index (χ2v) is 3.05. The Kier molecular flexibility index (Phi) is 3.19. The maximum absolute atomic E-state index is 8.21. The highest BCUT2D eigenvalue weighted by Gasteiger charge is 2.20. The molecule has 0 spiro atoms. The van der Waals surface area contributed by atoms with Gasteiger partial charge in [0.05, 0.1) is 0 Å². The summed E-state index contributed by atoms with van der Waals surface area (Å²) in [5.41, 5.74) is 0. The Morgan fingerprint density at radius 2 is 2.12 bits per heavy atom. The van der Waals surface area contributed by atoms with Crippen LogP contribution in [0.2, 0.25) is 0 Å². The molecule has 0 radical (unpaired) electrons. The van der Waals surface area contributed by atoms with Crippen molar-refractivity contribution in [1.29, 1.82) is 5.26 Å². The zero-order valence-electron chi connectivity index (χ0n) is 4.62. The van der Waals surface area contributed by atoms with Crippen LogP contribution in [-0.4, -0.2) is 4.33 Å². The summed E-state index contributed by atoms with van der Waals surface area (Å²) < 4.78 is -1.16. The van der Waals surface area contributed by atoms with Gasteiger partial charge in [-0.2, -0.15) is 5.26 Å². The monoisotopic (exact) mass is 151 g/mol. The number of nitrogens with zero attached hydrogens (tertiary/aromatic N) is 1. The van der Waals surface area contributed by atoms with Gasteiger partial charge in [0.25, 0.3) is 0 Å². The smallest absolute Gasteiger partial charge is 0.195 e. The molecule has 0 aliphatic carbocycles. The van der Waals surface area contributed by atoms with E-state index in [4.69, 9.17) is 28.5 Å². The van der Waals surface area contributed by atoms with E-state index < -0.39 is 4.33 Å². The van der Waals surface area contributed by atoms with Crippen molar-refractivity contribution in [1.82, 2.24) is 0 Å². The highest BCUT2D eigenvalue weighted by molar-refractivity contribution is 6.50. The van der Waals surface area contributed by atoms with E-state index in [0.29, 0.717) is 6.42 Å². The van der Waals surface area contributed by atoms with Gasteiger partial charge < -0.3 is 0 Å². The second-order valence-electron chi connectivity index (χ2n) is 1.57. The van der Waals surface area contributed by atoms with Crippen LogP contribution < -0.4 is 0 Å². The first-order valence-corrected chi connectivity index (χ1v) is 3.17. The van der Waals surface area contributed by atoms with Crippen LogP contribution in [0.1, 0.15) is 19.8 Å². The lowest BCUT2D eigenvalue weighted by Gasteiger charge is -2.05. The van der Waals surface area contributed by atoms with E-state index in [2.05, 4.69) is 0 Å². The summed E-state index contributed by atoms with van der Waals surface area (Å²) in [7, 11) is 0. The van der Waals surface area contributed by atoms with E-state index in [9.17, 15) is 0 Å². The Labute approximate surface area is 59.2 Å². The average molecular weight is 152 g/mol. The second kappa shape index (κ2) is 3.17. The third kappa shape index (κ3) is 3.12. The standard InChI is InChI=1S/C5H7Cl2N/c1-2-3-5(6,7)4-8/h2-3H2,1H3. The zero-order valence-corrected chi connectivity index (χ0v) is 6.13. The van der Waals surface area contributed by atoms with Gasteiger partial charge in [0.2, 0.25) is 4.33 Å². The van der Waals surface area contributed by atoms with Gasteiger partial charge in [-0.15, -0.1) is 0 Å². The Morgan fingerprint density at radius 3 is 2.25 bits per heavy atom. The Hall–Kier alpha value is 0.0700. The molecule has 0 aromatic rings. The minimum Gasteiger partial charge on any atom is -0.195 e. The maximum atomic E-state index is 8.21. The topological polar surface area (TPSA) is 23.8 Å². The molecule has 0 unspecified atom stereocenters. The Balaban J connectivity index is 3.59. The molecular weight excluding hydrogens is 145 g/mol. The number of alkyl halides is 2. The van der Waals surface area contributed by atoms with E-state index in [1.165, 1.54) is 0 Å². The molecular formula is C5H7Cl2N. The van der Waals surface area contributed by atoms with Crippen molar-refractivity contribution < 1.29 is 0 Å². The van der Waals surface area contributed by atoms with Crippen LogP contribution in [0.3, 0.4) is 0 Å². The van der Waals surface area contributed by atoms with Crippen LogP contribution >= 0.6 is 23.2 Å². The summed E-state index contributed by atoms with van der Waals surface area (Å²) in [6.45, 7) is 1.93. The van der Waals surface area contributed by atoms with Gasteiger partial charge >= 0.3 is 0 Å². The summed E-state index contributed by atoms with van der Waals surface area (Å²) in [5.74, 6) is 0. The van der Waals surface area contributed by atoms with Gasteiger partial charge in [0.1, 0.15) is 6.07 Å². The number of halogens is 2. The maximum Gasteiger partial charge on any atom is 0.203 e. The molecule has 0 bridgehead atoms. The number of hydrogen-bond acceptors (Lipinski definition) is 1. The summed E-state index contributed by atoms with van der Waals surface area (Å²) in [6, 6.07) is 1.77. The zero-order chi connectivity index (χ0) is 6.62. The molecule has 3 heteroatoms. The largest absolute Gasteiger partial charge is 0.203 e. The minimum atomic E-state index is -1.16. The van der Waals surface area contributed by atoms with E-state index in [-0.39, 0.29) is 0 Å². The Morgan fingerprint density at radius 1 is 1.62 bits per heavy atom. The quantitative estimate of drug-likeness (QED) is 0.557. The van der Waals surface area contributed by atoms with Crippen molar-refractivity contribution >= 4 is 23.2 Å². The van der Waals surface area contributed by atoms with E-state index in [1.807, 2.05) is 6.92 Å². The number of nitriles is 1.